The second-order valence-electron chi connectivity index (χ2n) is 9.80. The van der Waals surface area contributed by atoms with E-state index in [2.05, 4.69) is 12.1 Å². The zero-order valence-corrected chi connectivity index (χ0v) is 21.7. The zero-order chi connectivity index (χ0) is 23.2. The fourth-order valence-corrected chi connectivity index (χ4v) is 7.72. The third-order valence-corrected chi connectivity index (χ3v) is 10.8. The summed E-state index contributed by atoms with van der Waals surface area (Å²) in [7, 11) is 2.38. The van der Waals surface area contributed by atoms with Crippen molar-refractivity contribution in [2.45, 2.75) is 89.1 Å². The van der Waals surface area contributed by atoms with Gasteiger partial charge in [0.25, 0.3) is 0 Å². The van der Waals surface area contributed by atoms with Crippen LogP contribution in [0.4, 0.5) is 0 Å². The van der Waals surface area contributed by atoms with E-state index in [-0.39, 0.29) is 0 Å². The minimum absolute atomic E-state index is 0.440. The van der Waals surface area contributed by atoms with Gasteiger partial charge in [-0.25, -0.2) is 0 Å². The normalized spacial score (nSPS) is 21.9. The van der Waals surface area contributed by atoms with Gasteiger partial charge in [0, 0.05) is 44.8 Å². The largest absolute Gasteiger partial charge is 0.500 e. The van der Waals surface area contributed by atoms with Crippen molar-refractivity contribution in [2.24, 2.45) is 11.8 Å². The van der Waals surface area contributed by atoms with Gasteiger partial charge in [0.05, 0.1) is 13.2 Å². The molecule has 0 amide bonds. The van der Waals surface area contributed by atoms with E-state index in [1.54, 1.807) is 21.3 Å². The number of hydrogen-bond acceptors (Lipinski definition) is 6. The molecule has 6 nitrogen and oxygen atoms in total. The van der Waals surface area contributed by atoms with Crippen LogP contribution in [0, 0.1) is 11.8 Å². The van der Waals surface area contributed by atoms with Gasteiger partial charge in [0.1, 0.15) is 11.5 Å². The van der Waals surface area contributed by atoms with E-state index in [0.717, 1.165) is 29.5 Å². The van der Waals surface area contributed by atoms with Crippen LogP contribution in [0.25, 0.3) is 0 Å². The Morgan fingerprint density at radius 2 is 1.48 bits per heavy atom. The van der Waals surface area contributed by atoms with E-state index in [0.29, 0.717) is 25.0 Å². The first-order valence-electron chi connectivity index (χ1n) is 12.9. The van der Waals surface area contributed by atoms with Crippen LogP contribution < -0.4 is 9.47 Å². The van der Waals surface area contributed by atoms with E-state index < -0.39 is 14.6 Å². The first-order valence-corrected chi connectivity index (χ1v) is 14.8. The van der Waals surface area contributed by atoms with Crippen LogP contribution in [0.2, 0.25) is 6.04 Å². The maximum absolute atomic E-state index is 6.85. The molecular weight excluding hydrogens is 436 g/mol. The van der Waals surface area contributed by atoms with Crippen LogP contribution in [0.15, 0.2) is 18.2 Å². The summed E-state index contributed by atoms with van der Waals surface area (Å²) in [5.41, 5.74) is 1.09. The lowest BCUT2D eigenvalue weighted by molar-refractivity contribution is -0.278. The molecule has 2 saturated carbocycles. The van der Waals surface area contributed by atoms with Crippen molar-refractivity contribution in [3.8, 4) is 11.5 Å². The summed E-state index contributed by atoms with van der Waals surface area (Å²) in [4.78, 5) is 0. The van der Waals surface area contributed by atoms with Gasteiger partial charge < -0.3 is 27.5 Å². The van der Waals surface area contributed by atoms with Crippen LogP contribution in [0.3, 0.4) is 0 Å². The highest BCUT2D eigenvalue weighted by atomic mass is 28.4. The molecule has 2 aliphatic carbocycles. The second kappa shape index (κ2) is 11.5. The van der Waals surface area contributed by atoms with Crippen LogP contribution in [-0.4, -0.2) is 42.5 Å². The van der Waals surface area contributed by atoms with Crippen molar-refractivity contribution in [2.75, 3.05) is 27.9 Å². The average Bonchev–Trinajstić information content (AvgIpc) is 2.90. The van der Waals surface area contributed by atoms with Gasteiger partial charge >= 0.3 is 8.80 Å². The third-order valence-electron chi connectivity index (χ3n) is 7.93. The number of rotatable bonds is 10. The van der Waals surface area contributed by atoms with E-state index in [1.807, 2.05) is 6.07 Å². The van der Waals surface area contributed by atoms with Gasteiger partial charge in [-0.05, 0) is 50.3 Å². The van der Waals surface area contributed by atoms with E-state index >= 15 is 0 Å². The Bertz CT molecular complexity index is 714. The summed E-state index contributed by atoms with van der Waals surface area (Å²) >= 11 is 0. The van der Waals surface area contributed by atoms with E-state index in [1.165, 1.54) is 64.2 Å². The summed E-state index contributed by atoms with van der Waals surface area (Å²) in [6.07, 6.45) is 13.6. The minimum atomic E-state index is -2.55. The molecule has 1 aromatic rings. The maximum Gasteiger partial charge on any atom is 0.500 e. The Hall–Kier alpha value is -1.12. The summed E-state index contributed by atoms with van der Waals surface area (Å²) in [5, 5.41) is 0. The topological polar surface area (TPSA) is 55.4 Å². The lowest BCUT2D eigenvalue weighted by atomic mass is 9.72. The third kappa shape index (κ3) is 5.59. The SMILES string of the molecule is CO[Si](CCCOc1ccc2c(c1)COC(C1CCCCC1)(C1CCCCC1)O2)(OC)OC. The van der Waals surface area contributed by atoms with Crippen molar-refractivity contribution in [1.82, 2.24) is 0 Å². The molecule has 0 bridgehead atoms. The number of fused-ring (bicyclic) bond motifs is 1. The molecule has 1 aromatic carbocycles. The van der Waals surface area contributed by atoms with Crippen LogP contribution >= 0.6 is 0 Å². The Morgan fingerprint density at radius 3 is 2.06 bits per heavy atom. The lowest BCUT2D eigenvalue weighted by Crippen LogP contribution is -2.55. The molecule has 0 spiro atoms. The molecule has 1 heterocycles. The number of hydrogen-bond donors (Lipinski definition) is 0. The fourth-order valence-electron chi connectivity index (χ4n) is 6.03. The standard InChI is InChI=1S/C26H42O6Si/c1-27-33(28-2,29-3)18-10-17-30-24-15-16-25-21(19-24)20-31-26(32-25,22-11-6-4-7-12-22)23-13-8-5-9-14-23/h15-16,19,22-23H,4-14,17-18,20H2,1-3H3. The lowest BCUT2D eigenvalue weighted by Gasteiger charge is -2.50. The molecule has 0 N–H and O–H groups in total. The summed E-state index contributed by atoms with van der Waals surface area (Å²) in [6, 6.07) is 6.92. The van der Waals surface area contributed by atoms with Crippen molar-refractivity contribution in [3.05, 3.63) is 23.8 Å². The Balaban J connectivity index is 1.41. The molecule has 1 aliphatic heterocycles. The molecule has 4 rings (SSSR count). The predicted octanol–water partition coefficient (Wildman–Crippen LogP) is 6.10. The molecule has 0 unspecified atom stereocenters. The molecule has 0 atom stereocenters. The van der Waals surface area contributed by atoms with E-state index in [4.69, 9.17) is 27.5 Å². The molecule has 0 aromatic heterocycles. The molecule has 0 saturated heterocycles. The molecule has 186 valence electrons. The molecule has 2 fully saturated rings. The quantitative estimate of drug-likeness (QED) is 0.299. The van der Waals surface area contributed by atoms with Crippen LogP contribution in [0.1, 0.15) is 76.2 Å². The van der Waals surface area contributed by atoms with Gasteiger partial charge in [-0.15, -0.1) is 0 Å². The molecule has 33 heavy (non-hydrogen) atoms. The van der Waals surface area contributed by atoms with Crippen LogP contribution in [-0.2, 0) is 24.6 Å². The maximum atomic E-state index is 6.85. The molecule has 7 heteroatoms. The highest BCUT2D eigenvalue weighted by molar-refractivity contribution is 6.60. The van der Waals surface area contributed by atoms with Crippen LogP contribution in [0.5, 0.6) is 11.5 Å². The summed E-state index contributed by atoms with van der Waals surface area (Å²) in [5.74, 6) is 2.40. The first kappa shape index (κ1) is 25.0. The van der Waals surface area contributed by atoms with Crippen molar-refractivity contribution < 1.29 is 27.5 Å². The van der Waals surface area contributed by atoms with Gasteiger partial charge in [0.2, 0.25) is 5.79 Å². The summed E-state index contributed by atoms with van der Waals surface area (Å²) in [6.45, 7) is 1.19. The molecule has 3 aliphatic rings. The van der Waals surface area contributed by atoms with Gasteiger partial charge in [-0.2, -0.15) is 0 Å². The fraction of sp³-hybridized carbons (Fsp3) is 0.769. The Morgan fingerprint density at radius 1 is 0.879 bits per heavy atom. The monoisotopic (exact) mass is 478 g/mol. The van der Waals surface area contributed by atoms with E-state index in [9.17, 15) is 0 Å². The Kier molecular flexibility index (Phi) is 8.73. The molecular formula is C26H42O6Si. The number of benzene rings is 1. The zero-order valence-electron chi connectivity index (χ0n) is 20.7. The van der Waals surface area contributed by atoms with Gasteiger partial charge in [-0.1, -0.05) is 38.5 Å². The van der Waals surface area contributed by atoms with Gasteiger partial charge in [-0.3, -0.25) is 0 Å². The minimum Gasteiger partial charge on any atom is -0.494 e. The molecule has 0 radical (unpaired) electrons. The highest BCUT2D eigenvalue weighted by Crippen LogP contribution is 2.49. The number of ether oxygens (including phenoxy) is 3. The van der Waals surface area contributed by atoms with Gasteiger partial charge in [0.15, 0.2) is 0 Å². The Labute approximate surface area is 200 Å². The predicted molar refractivity (Wildman–Crippen MR) is 129 cm³/mol. The first-order chi connectivity index (χ1) is 16.1. The van der Waals surface area contributed by atoms with Crippen molar-refractivity contribution in [1.29, 1.82) is 0 Å². The second-order valence-corrected chi connectivity index (χ2v) is 12.9. The van der Waals surface area contributed by atoms with Crippen molar-refractivity contribution >= 4 is 8.80 Å². The highest BCUT2D eigenvalue weighted by Gasteiger charge is 2.51. The average molecular weight is 479 g/mol. The summed E-state index contributed by atoms with van der Waals surface area (Å²) < 4.78 is 36.1. The van der Waals surface area contributed by atoms with Crippen molar-refractivity contribution in [3.63, 3.8) is 0 Å². The smallest absolute Gasteiger partial charge is 0.494 e.